The van der Waals surface area contributed by atoms with Crippen molar-refractivity contribution in [3.63, 3.8) is 0 Å². The molecule has 128 valence electrons. The van der Waals surface area contributed by atoms with Gasteiger partial charge in [-0.2, -0.15) is 5.26 Å². The number of benzene rings is 1. The number of nitrogens with one attached hydrogen (secondary N) is 1. The Bertz CT molecular complexity index is 990. The standard InChI is InChI=1S/C17H12N6O3/c1-26-17(25)12-3-2-11(9-18)8-14(12)20-16(24)13-4-5-15(22-21-13)23-7-6-19-10-23/h2-8,10H,1H3,(H,20,24). The van der Waals surface area contributed by atoms with Gasteiger partial charge in [-0.15, -0.1) is 10.2 Å². The molecular formula is C17H12N6O3. The highest BCUT2D eigenvalue weighted by atomic mass is 16.5. The number of nitriles is 1. The van der Waals surface area contributed by atoms with Crippen LogP contribution in [0.25, 0.3) is 5.82 Å². The summed E-state index contributed by atoms with van der Waals surface area (Å²) in [5.74, 6) is -0.706. The van der Waals surface area contributed by atoms with E-state index in [-0.39, 0.29) is 22.5 Å². The molecule has 0 saturated carbocycles. The summed E-state index contributed by atoms with van der Waals surface area (Å²) in [4.78, 5) is 28.2. The number of nitrogens with zero attached hydrogens (tertiary/aromatic N) is 5. The monoisotopic (exact) mass is 348 g/mol. The molecule has 1 aromatic carbocycles. The first-order valence-corrected chi connectivity index (χ1v) is 7.38. The normalized spacial score (nSPS) is 10.0. The lowest BCUT2D eigenvalue weighted by Gasteiger charge is -2.10. The highest BCUT2D eigenvalue weighted by molar-refractivity contribution is 6.07. The molecule has 9 nitrogen and oxygen atoms in total. The van der Waals surface area contributed by atoms with Crippen molar-refractivity contribution in [3.8, 4) is 11.9 Å². The summed E-state index contributed by atoms with van der Waals surface area (Å²) < 4.78 is 6.32. The van der Waals surface area contributed by atoms with Gasteiger partial charge in [-0.05, 0) is 30.3 Å². The zero-order valence-electron chi connectivity index (χ0n) is 13.6. The van der Waals surface area contributed by atoms with E-state index < -0.39 is 11.9 Å². The molecule has 0 radical (unpaired) electrons. The number of hydrogen-bond donors (Lipinski definition) is 1. The fraction of sp³-hybridized carbons (Fsp3) is 0.0588. The number of esters is 1. The summed E-state index contributed by atoms with van der Waals surface area (Å²) in [5, 5.41) is 19.4. The van der Waals surface area contributed by atoms with Gasteiger partial charge in [-0.25, -0.2) is 9.78 Å². The molecule has 2 aromatic heterocycles. The minimum atomic E-state index is -0.633. The van der Waals surface area contributed by atoms with Crippen molar-refractivity contribution < 1.29 is 14.3 Å². The van der Waals surface area contributed by atoms with E-state index in [1.54, 1.807) is 29.4 Å². The van der Waals surface area contributed by atoms with Gasteiger partial charge in [-0.3, -0.25) is 9.36 Å². The molecule has 1 amide bonds. The summed E-state index contributed by atoms with van der Waals surface area (Å²) in [6, 6.07) is 9.30. The van der Waals surface area contributed by atoms with Crippen molar-refractivity contribution in [2.45, 2.75) is 0 Å². The molecule has 0 aliphatic rings. The molecule has 1 N–H and O–H groups in total. The van der Waals surface area contributed by atoms with Gasteiger partial charge in [0.05, 0.1) is 30.0 Å². The van der Waals surface area contributed by atoms with Crippen LogP contribution in [0.4, 0.5) is 5.69 Å². The van der Waals surface area contributed by atoms with Gasteiger partial charge in [0.25, 0.3) is 5.91 Å². The topological polar surface area (TPSA) is 123 Å². The lowest BCUT2D eigenvalue weighted by molar-refractivity contribution is 0.0602. The van der Waals surface area contributed by atoms with Crippen molar-refractivity contribution in [2.75, 3.05) is 12.4 Å². The molecule has 0 atom stereocenters. The van der Waals surface area contributed by atoms with Gasteiger partial charge in [0.15, 0.2) is 11.5 Å². The Balaban J connectivity index is 1.85. The number of anilines is 1. The Labute approximate surface area is 147 Å². The molecule has 3 rings (SSSR count). The minimum Gasteiger partial charge on any atom is -0.465 e. The number of methoxy groups -OCH3 is 1. The van der Waals surface area contributed by atoms with E-state index in [2.05, 4.69) is 25.2 Å². The predicted molar refractivity (Wildman–Crippen MR) is 89.6 cm³/mol. The second kappa shape index (κ2) is 7.23. The number of ether oxygens (including phenoxy) is 1. The van der Waals surface area contributed by atoms with Crippen molar-refractivity contribution >= 4 is 17.6 Å². The summed E-state index contributed by atoms with van der Waals surface area (Å²) in [6.45, 7) is 0. The maximum Gasteiger partial charge on any atom is 0.339 e. The van der Waals surface area contributed by atoms with E-state index in [9.17, 15) is 9.59 Å². The molecule has 0 spiro atoms. The lowest BCUT2D eigenvalue weighted by Crippen LogP contribution is -2.17. The molecular weight excluding hydrogens is 336 g/mol. The Kier molecular flexibility index (Phi) is 4.67. The van der Waals surface area contributed by atoms with Gasteiger partial charge in [-0.1, -0.05) is 0 Å². The Morgan fingerprint density at radius 1 is 1.23 bits per heavy atom. The summed E-state index contributed by atoms with van der Waals surface area (Å²) in [7, 11) is 1.23. The van der Waals surface area contributed by atoms with Crippen LogP contribution in [0.2, 0.25) is 0 Å². The number of amides is 1. The molecule has 0 aliphatic carbocycles. The molecule has 0 saturated heterocycles. The molecule has 0 aliphatic heterocycles. The summed E-state index contributed by atoms with van der Waals surface area (Å²) in [5.41, 5.74) is 0.616. The Morgan fingerprint density at radius 3 is 2.69 bits per heavy atom. The van der Waals surface area contributed by atoms with Gasteiger partial charge < -0.3 is 10.1 Å². The van der Waals surface area contributed by atoms with Crippen LogP contribution in [0.15, 0.2) is 49.1 Å². The number of rotatable bonds is 4. The van der Waals surface area contributed by atoms with Crippen LogP contribution in [0, 0.1) is 11.3 Å². The molecule has 3 aromatic rings. The molecule has 2 heterocycles. The second-order valence-electron chi connectivity index (χ2n) is 5.06. The van der Waals surface area contributed by atoms with Crippen LogP contribution in [0.1, 0.15) is 26.4 Å². The minimum absolute atomic E-state index is 0.0482. The van der Waals surface area contributed by atoms with Crippen molar-refractivity contribution in [1.82, 2.24) is 19.7 Å². The van der Waals surface area contributed by atoms with E-state index in [4.69, 9.17) is 5.26 Å². The van der Waals surface area contributed by atoms with E-state index in [1.165, 1.54) is 31.4 Å². The number of carbonyl (C=O) groups excluding carboxylic acids is 2. The van der Waals surface area contributed by atoms with E-state index in [0.29, 0.717) is 5.82 Å². The third kappa shape index (κ3) is 3.39. The molecule has 0 unspecified atom stereocenters. The maximum absolute atomic E-state index is 12.4. The highest BCUT2D eigenvalue weighted by Crippen LogP contribution is 2.19. The van der Waals surface area contributed by atoms with Crippen LogP contribution in [0.3, 0.4) is 0 Å². The van der Waals surface area contributed by atoms with Gasteiger partial charge >= 0.3 is 5.97 Å². The first-order chi connectivity index (χ1) is 12.6. The van der Waals surface area contributed by atoms with Gasteiger partial charge in [0, 0.05) is 12.4 Å². The third-order valence-corrected chi connectivity index (χ3v) is 3.45. The number of imidazole rings is 1. The predicted octanol–water partition coefficient (Wildman–Crippen LogP) is 1.57. The quantitative estimate of drug-likeness (QED) is 0.710. The van der Waals surface area contributed by atoms with Crippen LogP contribution in [0.5, 0.6) is 0 Å². The van der Waals surface area contributed by atoms with Gasteiger partial charge in [0.2, 0.25) is 0 Å². The van der Waals surface area contributed by atoms with Gasteiger partial charge in [0.1, 0.15) is 6.33 Å². The van der Waals surface area contributed by atoms with Crippen LogP contribution >= 0.6 is 0 Å². The summed E-state index contributed by atoms with van der Waals surface area (Å²) in [6.07, 6.45) is 4.85. The average Bonchev–Trinajstić information content (AvgIpc) is 3.22. The smallest absolute Gasteiger partial charge is 0.339 e. The largest absolute Gasteiger partial charge is 0.465 e. The number of aromatic nitrogens is 4. The van der Waals surface area contributed by atoms with Crippen LogP contribution in [-0.4, -0.2) is 38.7 Å². The van der Waals surface area contributed by atoms with Crippen LogP contribution < -0.4 is 5.32 Å². The Hall–Kier alpha value is -4.06. The first-order valence-electron chi connectivity index (χ1n) is 7.38. The fourth-order valence-electron chi connectivity index (χ4n) is 2.17. The zero-order valence-corrected chi connectivity index (χ0v) is 13.6. The summed E-state index contributed by atoms with van der Waals surface area (Å²) >= 11 is 0. The molecule has 0 fully saturated rings. The van der Waals surface area contributed by atoms with Crippen molar-refractivity contribution in [3.05, 3.63) is 65.9 Å². The second-order valence-corrected chi connectivity index (χ2v) is 5.06. The number of hydrogen-bond acceptors (Lipinski definition) is 7. The molecule has 0 bridgehead atoms. The fourth-order valence-corrected chi connectivity index (χ4v) is 2.17. The lowest BCUT2D eigenvalue weighted by atomic mass is 10.1. The van der Waals surface area contributed by atoms with Crippen molar-refractivity contribution in [1.29, 1.82) is 5.26 Å². The van der Waals surface area contributed by atoms with E-state index >= 15 is 0 Å². The molecule has 9 heteroatoms. The third-order valence-electron chi connectivity index (χ3n) is 3.45. The van der Waals surface area contributed by atoms with E-state index in [0.717, 1.165) is 0 Å². The zero-order chi connectivity index (χ0) is 18.5. The van der Waals surface area contributed by atoms with Crippen molar-refractivity contribution in [2.24, 2.45) is 0 Å². The Morgan fingerprint density at radius 2 is 2.08 bits per heavy atom. The average molecular weight is 348 g/mol. The maximum atomic E-state index is 12.4. The first kappa shape index (κ1) is 16.8. The number of carbonyl (C=O) groups is 2. The van der Waals surface area contributed by atoms with E-state index in [1.807, 2.05) is 6.07 Å². The highest BCUT2D eigenvalue weighted by Gasteiger charge is 2.17. The SMILES string of the molecule is COC(=O)c1ccc(C#N)cc1NC(=O)c1ccc(-n2ccnc2)nn1. The molecule has 26 heavy (non-hydrogen) atoms. The van der Waals surface area contributed by atoms with Crippen LogP contribution in [-0.2, 0) is 4.74 Å².